The van der Waals surface area contributed by atoms with Crippen molar-refractivity contribution in [3.05, 3.63) is 23.9 Å². The number of alkyl halides is 1. The summed E-state index contributed by atoms with van der Waals surface area (Å²) in [6.45, 7) is 0. The Morgan fingerprint density at radius 1 is 1.60 bits per heavy atom. The van der Waals surface area contributed by atoms with Gasteiger partial charge in [-0.05, 0) is 12.5 Å². The summed E-state index contributed by atoms with van der Waals surface area (Å²) in [7, 11) is 4.06. The molecule has 0 aliphatic heterocycles. The highest BCUT2D eigenvalue weighted by Gasteiger charge is 2.04. The molecule has 1 unspecified atom stereocenters. The van der Waals surface area contributed by atoms with Crippen LogP contribution in [-0.4, -0.2) is 24.4 Å². The maximum Gasteiger partial charge on any atom is 0.0555 e. The molecule has 1 aliphatic carbocycles. The lowest BCUT2D eigenvalue weighted by Gasteiger charge is -2.17. The maximum atomic E-state index is 5.84. The predicted octanol–water partition coefficient (Wildman–Crippen LogP) is 2.00. The first-order chi connectivity index (χ1) is 4.70. The number of hydrogen-bond acceptors (Lipinski definition) is 1. The van der Waals surface area contributed by atoms with Gasteiger partial charge < -0.3 is 4.90 Å². The number of rotatable bonds is 1. The van der Waals surface area contributed by atoms with Gasteiger partial charge in [-0.3, -0.25) is 0 Å². The van der Waals surface area contributed by atoms with E-state index in [0.29, 0.717) is 0 Å². The molecule has 0 spiro atoms. The van der Waals surface area contributed by atoms with E-state index in [2.05, 4.69) is 17.1 Å². The zero-order chi connectivity index (χ0) is 7.56. The first kappa shape index (κ1) is 7.67. The van der Waals surface area contributed by atoms with E-state index >= 15 is 0 Å². The van der Waals surface area contributed by atoms with Crippen LogP contribution in [0.2, 0.25) is 0 Å². The third-order valence-electron chi connectivity index (χ3n) is 1.54. The average Bonchev–Trinajstić information content (AvgIpc) is 1.88. The molecule has 1 aliphatic rings. The van der Waals surface area contributed by atoms with Gasteiger partial charge in [-0.25, -0.2) is 0 Å². The van der Waals surface area contributed by atoms with Gasteiger partial charge in [-0.2, -0.15) is 0 Å². The molecule has 56 valence electrons. The predicted molar refractivity (Wildman–Crippen MR) is 45.2 cm³/mol. The number of nitrogens with zero attached hydrogens (tertiary/aromatic N) is 1. The van der Waals surface area contributed by atoms with Gasteiger partial charge in [0, 0.05) is 19.8 Å². The van der Waals surface area contributed by atoms with Crippen LogP contribution < -0.4 is 0 Å². The molecule has 1 atom stereocenters. The van der Waals surface area contributed by atoms with E-state index in [0.717, 1.165) is 6.42 Å². The summed E-state index contributed by atoms with van der Waals surface area (Å²) in [5, 5.41) is 0.198. The first-order valence-electron chi connectivity index (χ1n) is 3.40. The SMILES string of the molecule is CN(C)C1=CCC(Cl)C=C1. The van der Waals surface area contributed by atoms with E-state index in [1.54, 1.807) is 0 Å². The van der Waals surface area contributed by atoms with Gasteiger partial charge >= 0.3 is 0 Å². The molecule has 0 saturated carbocycles. The van der Waals surface area contributed by atoms with Gasteiger partial charge in [0.25, 0.3) is 0 Å². The van der Waals surface area contributed by atoms with Crippen molar-refractivity contribution in [3.8, 4) is 0 Å². The smallest absolute Gasteiger partial charge is 0.0555 e. The molecule has 2 heteroatoms. The second-order valence-corrected chi connectivity index (χ2v) is 3.19. The first-order valence-corrected chi connectivity index (χ1v) is 3.83. The number of halogens is 1. The monoisotopic (exact) mass is 157 g/mol. The van der Waals surface area contributed by atoms with Gasteiger partial charge in [-0.1, -0.05) is 12.2 Å². The van der Waals surface area contributed by atoms with Crippen molar-refractivity contribution in [1.82, 2.24) is 4.90 Å². The van der Waals surface area contributed by atoms with Crippen molar-refractivity contribution >= 4 is 11.6 Å². The minimum atomic E-state index is 0.198. The van der Waals surface area contributed by atoms with E-state index in [1.807, 2.05) is 20.2 Å². The van der Waals surface area contributed by atoms with Gasteiger partial charge in [0.05, 0.1) is 5.38 Å². The molecule has 0 heterocycles. The van der Waals surface area contributed by atoms with Crippen molar-refractivity contribution in [2.45, 2.75) is 11.8 Å². The fourth-order valence-electron chi connectivity index (χ4n) is 0.915. The van der Waals surface area contributed by atoms with E-state index in [9.17, 15) is 0 Å². The van der Waals surface area contributed by atoms with E-state index in [-0.39, 0.29) is 5.38 Å². The topological polar surface area (TPSA) is 3.24 Å². The molecule has 1 rings (SSSR count). The molecule has 1 nitrogen and oxygen atoms in total. The second kappa shape index (κ2) is 3.11. The van der Waals surface area contributed by atoms with Crippen LogP contribution in [0.25, 0.3) is 0 Å². The zero-order valence-electron chi connectivity index (χ0n) is 6.34. The summed E-state index contributed by atoms with van der Waals surface area (Å²) in [4.78, 5) is 2.08. The van der Waals surface area contributed by atoms with Gasteiger partial charge in [0.1, 0.15) is 0 Å². The fraction of sp³-hybridized carbons (Fsp3) is 0.500. The Morgan fingerprint density at radius 2 is 2.30 bits per heavy atom. The Labute approximate surface area is 67.0 Å². The average molecular weight is 158 g/mol. The Hall–Kier alpha value is -0.430. The van der Waals surface area contributed by atoms with Crippen LogP contribution in [0.1, 0.15) is 6.42 Å². The molecule has 0 aromatic heterocycles. The van der Waals surface area contributed by atoms with Crippen LogP contribution in [0.5, 0.6) is 0 Å². The lowest BCUT2D eigenvalue weighted by molar-refractivity contribution is 0.524. The summed E-state index contributed by atoms with van der Waals surface area (Å²) in [6.07, 6.45) is 7.18. The third kappa shape index (κ3) is 1.77. The summed E-state index contributed by atoms with van der Waals surface area (Å²) < 4.78 is 0. The van der Waals surface area contributed by atoms with Crippen molar-refractivity contribution < 1.29 is 0 Å². The molecular formula is C8H12ClN. The lowest BCUT2D eigenvalue weighted by atomic mass is 10.1. The van der Waals surface area contributed by atoms with Crippen LogP contribution in [-0.2, 0) is 0 Å². The quantitative estimate of drug-likeness (QED) is 0.527. The standard InChI is InChI=1S/C8H12ClN/c1-10(2)8-5-3-7(9)4-6-8/h3,5-7H,4H2,1-2H3. The van der Waals surface area contributed by atoms with Crippen LogP contribution in [0, 0.1) is 0 Å². The highest BCUT2D eigenvalue weighted by atomic mass is 35.5. The molecule has 10 heavy (non-hydrogen) atoms. The van der Waals surface area contributed by atoms with Gasteiger partial charge in [-0.15, -0.1) is 11.6 Å². The molecule has 0 saturated heterocycles. The van der Waals surface area contributed by atoms with Crippen molar-refractivity contribution in [2.24, 2.45) is 0 Å². The van der Waals surface area contributed by atoms with E-state index in [4.69, 9.17) is 11.6 Å². The summed E-state index contributed by atoms with van der Waals surface area (Å²) in [5.74, 6) is 0. The molecule has 0 bridgehead atoms. The minimum absolute atomic E-state index is 0.198. The van der Waals surface area contributed by atoms with Gasteiger partial charge in [0.2, 0.25) is 0 Å². The van der Waals surface area contributed by atoms with Crippen LogP contribution in [0.15, 0.2) is 23.9 Å². The minimum Gasteiger partial charge on any atom is -0.378 e. The number of likely N-dealkylation sites (N-methyl/N-ethyl adjacent to an activating group) is 1. The number of hydrogen-bond donors (Lipinski definition) is 0. The fourth-order valence-corrected chi connectivity index (χ4v) is 1.08. The van der Waals surface area contributed by atoms with Crippen molar-refractivity contribution in [1.29, 1.82) is 0 Å². The molecule has 0 N–H and O–H groups in total. The molecule has 0 aromatic rings. The molecule has 0 fully saturated rings. The second-order valence-electron chi connectivity index (χ2n) is 2.63. The Balaban J connectivity index is 2.59. The Bertz CT molecular complexity index is 170. The van der Waals surface area contributed by atoms with Crippen LogP contribution >= 0.6 is 11.6 Å². The Morgan fingerprint density at radius 3 is 2.70 bits per heavy atom. The van der Waals surface area contributed by atoms with E-state index in [1.165, 1.54) is 5.70 Å². The molecule has 0 amide bonds. The van der Waals surface area contributed by atoms with Crippen molar-refractivity contribution in [2.75, 3.05) is 14.1 Å². The molecule has 0 radical (unpaired) electrons. The summed E-state index contributed by atoms with van der Waals surface area (Å²) >= 11 is 5.84. The largest absolute Gasteiger partial charge is 0.378 e. The number of allylic oxidation sites excluding steroid dienone is 3. The van der Waals surface area contributed by atoms with Gasteiger partial charge in [0.15, 0.2) is 0 Å². The normalized spacial score (nSPS) is 24.3. The third-order valence-corrected chi connectivity index (χ3v) is 1.87. The zero-order valence-corrected chi connectivity index (χ0v) is 7.10. The maximum absolute atomic E-state index is 5.84. The van der Waals surface area contributed by atoms with E-state index < -0.39 is 0 Å². The highest BCUT2D eigenvalue weighted by molar-refractivity contribution is 6.22. The lowest BCUT2D eigenvalue weighted by Crippen LogP contribution is -2.12. The molecular weight excluding hydrogens is 146 g/mol. The van der Waals surface area contributed by atoms with Crippen molar-refractivity contribution in [3.63, 3.8) is 0 Å². The van der Waals surface area contributed by atoms with Crippen LogP contribution in [0.4, 0.5) is 0 Å². The summed E-state index contributed by atoms with van der Waals surface area (Å²) in [5.41, 5.74) is 1.25. The molecule has 0 aromatic carbocycles. The Kier molecular flexibility index (Phi) is 2.39. The highest BCUT2D eigenvalue weighted by Crippen LogP contribution is 2.15. The van der Waals surface area contributed by atoms with Crippen LogP contribution in [0.3, 0.4) is 0 Å². The summed E-state index contributed by atoms with van der Waals surface area (Å²) in [6, 6.07) is 0.